The highest BCUT2D eigenvalue weighted by Crippen LogP contribution is 2.31. The van der Waals surface area contributed by atoms with E-state index >= 15 is 0 Å². The summed E-state index contributed by atoms with van der Waals surface area (Å²) in [4.78, 5) is 27.5. The molecule has 2 aliphatic heterocycles. The van der Waals surface area contributed by atoms with Crippen molar-refractivity contribution in [3.8, 4) is 0 Å². The molecular weight excluding hydrogens is 268 g/mol. The Hall–Kier alpha value is -1.10. The quantitative estimate of drug-likeness (QED) is 0.861. The number of carbonyl (C=O) groups excluding carboxylic acids is 2. The number of carbonyl (C=O) groups is 2. The smallest absolute Gasteiger partial charge is 0.249 e. The Morgan fingerprint density at radius 2 is 1.95 bits per heavy atom. The molecule has 0 spiro atoms. The number of piperazine rings is 1. The lowest BCUT2D eigenvalue weighted by atomic mass is 9.84. The van der Waals surface area contributed by atoms with Crippen LogP contribution in [-0.4, -0.2) is 47.0 Å². The molecule has 2 aliphatic rings. The Morgan fingerprint density at radius 3 is 2.48 bits per heavy atom. The molecule has 2 rings (SSSR count). The first-order chi connectivity index (χ1) is 9.99. The fourth-order valence-electron chi connectivity index (χ4n) is 3.65. The van der Waals surface area contributed by atoms with Crippen LogP contribution in [-0.2, 0) is 14.3 Å². The van der Waals surface area contributed by atoms with E-state index in [1.54, 1.807) is 0 Å². The van der Waals surface area contributed by atoms with Crippen molar-refractivity contribution in [2.75, 3.05) is 6.61 Å². The molecule has 0 radical (unpaired) electrons. The summed E-state index contributed by atoms with van der Waals surface area (Å²) >= 11 is 0. The van der Waals surface area contributed by atoms with Crippen LogP contribution in [0, 0.1) is 0 Å². The summed E-state index contributed by atoms with van der Waals surface area (Å²) in [6.45, 7) is 8.61. The monoisotopic (exact) mass is 296 g/mol. The first kappa shape index (κ1) is 16.3. The van der Waals surface area contributed by atoms with E-state index in [2.05, 4.69) is 5.32 Å². The van der Waals surface area contributed by atoms with Crippen molar-refractivity contribution >= 4 is 11.8 Å². The minimum atomic E-state index is -0.718. The van der Waals surface area contributed by atoms with Gasteiger partial charge < -0.3 is 15.0 Å². The highest BCUT2D eigenvalue weighted by molar-refractivity contribution is 6.00. The van der Waals surface area contributed by atoms with Gasteiger partial charge in [0.25, 0.3) is 0 Å². The van der Waals surface area contributed by atoms with E-state index in [1.807, 2.05) is 32.6 Å². The summed E-state index contributed by atoms with van der Waals surface area (Å²) in [7, 11) is 0. The fraction of sp³-hybridized carbons (Fsp3) is 0.875. The van der Waals surface area contributed by atoms with Crippen molar-refractivity contribution in [2.24, 2.45) is 0 Å². The second-order valence-corrected chi connectivity index (χ2v) is 6.27. The fourth-order valence-corrected chi connectivity index (χ4v) is 3.65. The summed E-state index contributed by atoms with van der Waals surface area (Å²) in [5.74, 6) is 0.0954. The van der Waals surface area contributed by atoms with Gasteiger partial charge in [0.05, 0.1) is 6.10 Å². The average molecular weight is 296 g/mol. The van der Waals surface area contributed by atoms with Crippen LogP contribution in [0.15, 0.2) is 0 Å². The number of amides is 2. The molecule has 1 N–H and O–H groups in total. The third kappa shape index (κ3) is 2.80. The molecule has 21 heavy (non-hydrogen) atoms. The van der Waals surface area contributed by atoms with Crippen molar-refractivity contribution in [1.29, 1.82) is 0 Å². The van der Waals surface area contributed by atoms with E-state index in [-0.39, 0.29) is 30.0 Å². The molecule has 3 atom stereocenters. The summed E-state index contributed by atoms with van der Waals surface area (Å²) in [6.07, 6.45) is 3.73. The van der Waals surface area contributed by atoms with Crippen molar-refractivity contribution in [3.05, 3.63) is 0 Å². The topological polar surface area (TPSA) is 58.6 Å². The van der Waals surface area contributed by atoms with Crippen LogP contribution in [0.1, 0.15) is 59.8 Å². The zero-order valence-corrected chi connectivity index (χ0v) is 13.6. The van der Waals surface area contributed by atoms with Crippen molar-refractivity contribution in [2.45, 2.75) is 83.5 Å². The highest BCUT2D eigenvalue weighted by Gasteiger charge is 2.50. The van der Waals surface area contributed by atoms with Gasteiger partial charge in [-0.15, -0.1) is 0 Å². The molecule has 2 fully saturated rings. The first-order valence-electron chi connectivity index (χ1n) is 8.25. The average Bonchev–Trinajstić information content (AvgIpc) is 2.48. The molecule has 2 heterocycles. The second kappa shape index (κ2) is 6.34. The van der Waals surface area contributed by atoms with Crippen molar-refractivity contribution < 1.29 is 14.3 Å². The maximum atomic E-state index is 13.1. The maximum absolute atomic E-state index is 13.1. The first-order valence-corrected chi connectivity index (χ1v) is 8.25. The van der Waals surface area contributed by atoms with E-state index in [1.165, 1.54) is 0 Å². The van der Waals surface area contributed by atoms with Gasteiger partial charge >= 0.3 is 0 Å². The Kier molecular flexibility index (Phi) is 4.91. The van der Waals surface area contributed by atoms with Crippen LogP contribution in [0.25, 0.3) is 0 Å². The molecule has 0 aromatic rings. The van der Waals surface area contributed by atoms with Gasteiger partial charge in [0.15, 0.2) is 0 Å². The van der Waals surface area contributed by atoms with Gasteiger partial charge in [0.1, 0.15) is 11.6 Å². The predicted octanol–water partition coefficient (Wildman–Crippen LogP) is 1.85. The third-order valence-corrected chi connectivity index (χ3v) is 5.09. The Balaban J connectivity index is 2.32. The van der Waals surface area contributed by atoms with E-state index in [0.29, 0.717) is 25.9 Å². The lowest BCUT2D eigenvalue weighted by Crippen LogP contribution is -2.72. The lowest BCUT2D eigenvalue weighted by Gasteiger charge is -2.49. The third-order valence-electron chi connectivity index (χ3n) is 5.09. The minimum Gasteiger partial charge on any atom is -0.378 e. The number of nitrogens with zero attached hydrogens (tertiary/aromatic N) is 1. The molecular formula is C16H28N2O3. The maximum Gasteiger partial charge on any atom is 0.249 e. The summed E-state index contributed by atoms with van der Waals surface area (Å²) in [5, 5.41) is 3.00. The zero-order valence-electron chi connectivity index (χ0n) is 13.6. The van der Waals surface area contributed by atoms with Crippen LogP contribution in [0.5, 0.6) is 0 Å². The van der Waals surface area contributed by atoms with Gasteiger partial charge in [-0.05, 0) is 39.0 Å². The van der Waals surface area contributed by atoms with Gasteiger partial charge in [-0.25, -0.2) is 0 Å². The lowest BCUT2D eigenvalue weighted by molar-refractivity contribution is -0.162. The van der Waals surface area contributed by atoms with Gasteiger partial charge in [0.2, 0.25) is 11.8 Å². The Morgan fingerprint density at radius 1 is 1.29 bits per heavy atom. The van der Waals surface area contributed by atoms with Crippen LogP contribution in [0.4, 0.5) is 0 Å². The van der Waals surface area contributed by atoms with Gasteiger partial charge in [-0.1, -0.05) is 20.8 Å². The predicted molar refractivity (Wildman–Crippen MR) is 80.8 cm³/mol. The van der Waals surface area contributed by atoms with E-state index in [9.17, 15) is 9.59 Å². The van der Waals surface area contributed by atoms with Crippen LogP contribution >= 0.6 is 0 Å². The van der Waals surface area contributed by atoms with Gasteiger partial charge in [-0.2, -0.15) is 0 Å². The summed E-state index contributed by atoms with van der Waals surface area (Å²) in [5.41, 5.74) is -0.718. The standard InChI is InChI=1S/C16H28N2O3/c1-5-13-14(19)17-16(6-2,7-3)15(20)18(13)12-8-9-21-11(4)10-12/h11-13H,5-10H2,1-4H3,(H,17,19). The molecule has 0 aromatic carbocycles. The number of rotatable bonds is 4. The van der Waals surface area contributed by atoms with E-state index in [0.717, 1.165) is 12.8 Å². The largest absolute Gasteiger partial charge is 0.378 e. The van der Waals surface area contributed by atoms with E-state index in [4.69, 9.17) is 4.74 Å². The molecule has 2 amide bonds. The molecule has 5 heteroatoms. The van der Waals surface area contributed by atoms with Gasteiger partial charge in [0, 0.05) is 12.6 Å². The Labute approximate surface area is 127 Å². The van der Waals surface area contributed by atoms with Crippen LogP contribution < -0.4 is 5.32 Å². The number of hydrogen-bond donors (Lipinski definition) is 1. The minimum absolute atomic E-state index is 0.0000510. The Bertz CT molecular complexity index is 406. The van der Waals surface area contributed by atoms with Crippen LogP contribution in [0.3, 0.4) is 0 Å². The number of hydrogen-bond acceptors (Lipinski definition) is 3. The number of nitrogens with one attached hydrogen (secondary N) is 1. The van der Waals surface area contributed by atoms with Crippen LogP contribution in [0.2, 0.25) is 0 Å². The molecule has 120 valence electrons. The molecule has 0 aliphatic carbocycles. The van der Waals surface area contributed by atoms with Crippen molar-refractivity contribution in [1.82, 2.24) is 10.2 Å². The normalized spacial score (nSPS) is 33.0. The molecule has 0 saturated carbocycles. The molecule has 3 unspecified atom stereocenters. The molecule has 2 saturated heterocycles. The van der Waals surface area contributed by atoms with Crippen molar-refractivity contribution in [3.63, 3.8) is 0 Å². The van der Waals surface area contributed by atoms with E-state index < -0.39 is 5.54 Å². The SMILES string of the molecule is CCC1C(=O)NC(CC)(CC)C(=O)N1C1CCOC(C)C1. The molecule has 0 bridgehead atoms. The summed E-state index contributed by atoms with van der Waals surface area (Å²) < 4.78 is 5.60. The molecule has 0 aromatic heterocycles. The summed E-state index contributed by atoms with van der Waals surface area (Å²) in [6, 6.07) is -0.214. The second-order valence-electron chi connectivity index (χ2n) is 6.27. The zero-order chi connectivity index (χ0) is 15.6. The van der Waals surface area contributed by atoms with Gasteiger partial charge in [-0.3, -0.25) is 9.59 Å². The highest BCUT2D eigenvalue weighted by atomic mass is 16.5. The molecule has 5 nitrogen and oxygen atoms in total. The number of ether oxygens (including phenoxy) is 1.